The Morgan fingerprint density at radius 2 is 2.05 bits per heavy atom. The van der Waals surface area contributed by atoms with Gasteiger partial charge in [0.2, 0.25) is 0 Å². The maximum Gasteiger partial charge on any atom is 0.417 e. The normalized spacial score (nSPS) is 12.5. The first kappa shape index (κ1) is 17.1. The second-order valence-corrected chi connectivity index (χ2v) is 4.37. The minimum atomic E-state index is -4.61. The topological polar surface area (TPSA) is 82.1 Å². The fourth-order valence-electron chi connectivity index (χ4n) is 1.97. The molecule has 0 unspecified atom stereocenters. The molecule has 8 heteroatoms. The van der Waals surface area contributed by atoms with Gasteiger partial charge in [-0.25, -0.2) is 0 Å². The van der Waals surface area contributed by atoms with Crippen molar-refractivity contribution in [3.05, 3.63) is 29.3 Å². The van der Waals surface area contributed by atoms with Crippen molar-refractivity contribution < 1.29 is 23.5 Å². The van der Waals surface area contributed by atoms with Gasteiger partial charge in [0.05, 0.1) is 5.56 Å². The van der Waals surface area contributed by atoms with Crippen LogP contribution in [0.3, 0.4) is 0 Å². The Kier molecular flexibility index (Phi) is 5.83. The van der Waals surface area contributed by atoms with E-state index in [1.165, 1.54) is 12.1 Å². The third kappa shape index (κ3) is 4.25. The van der Waals surface area contributed by atoms with Gasteiger partial charge in [0.25, 0.3) is 0 Å². The number of amidine groups is 1. The van der Waals surface area contributed by atoms with Crippen LogP contribution in [-0.4, -0.2) is 35.8 Å². The quantitative estimate of drug-likeness (QED) is 0.325. The summed E-state index contributed by atoms with van der Waals surface area (Å²) in [6.45, 7) is 2.71. The highest BCUT2D eigenvalue weighted by atomic mass is 19.4. The summed E-state index contributed by atoms with van der Waals surface area (Å²) >= 11 is 0. The van der Waals surface area contributed by atoms with Gasteiger partial charge in [0.1, 0.15) is 0 Å². The predicted octanol–water partition coefficient (Wildman–Crippen LogP) is 2.01. The van der Waals surface area contributed by atoms with Gasteiger partial charge in [-0.15, -0.1) is 0 Å². The molecular formula is C13H18F3N3O2. The molecule has 0 aliphatic heterocycles. The number of hydrogen-bond acceptors (Lipinski definition) is 4. The van der Waals surface area contributed by atoms with Crippen LogP contribution in [-0.2, 0) is 6.18 Å². The van der Waals surface area contributed by atoms with Crippen LogP contribution in [0, 0.1) is 0 Å². The third-order valence-corrected chi connectivity index (χ3v) is 3.03. The first-order valence-electron chi connectivity index (χ1n) is 6.40. The van der Waals surface area contributed by atoms with Crippen LogP contribution in [0.2, 0.25) is 0 Å². The number of anilines is 1. The number of rotatable bonds is 6. The molecule has 4 N–H and O–H groups in total. The van der Waals surface area contributed by atoms with Gasteiger partial charge in [-0.05, 0) is 31.5 Å². The lowest BCUT2D eigenvalue weighted by molar-refractivity contribution is -0.137. The zero-order chi connectivity index (χ0) is 16.0. The van der Waals surface area contributed by atoms with E-state index in [1.807, 2.05) is 6.92 Å². The molecule has 0 aliphatic carbocycles. The molecule has 118 valence electrons. The lowest BCUT2D eigenvalue weighted by atomic mass is 10.0. The van der Waals surface area contributed by atoms with Gasteiger partial charge in [-0.2, -0.15) is 13.2 Å². The van der Waals surface area contributed by atoms with Crippen molar-refractivity contribution in [3.63, 3.8) is 0 Å². The van der Waals surface area contributed by atoms with Gasteiger partial charge < -0.3 is 20.9 Å². The van der Waals surface area contributed by atoms with E-state index >= 15 is 0 Å². The molecule has 5 nitrogen and oxygen atoms in total. The summed E-state index contributed by atoms with van der Waals surface area (Å²) < 4.78 is 39.3. The van der Waals surface area contributed by atoms with E-state index < -0.39 is 17.6 Å². The van der Waals surface area contributed by atoms with Crippen LogP contribution < -0.4 is 10.6 Å². The summed E-state index contributed by atoms with van der Waals surface area (Å²) in [4.78, 5) is 1.71. The Bertz CT molecular complexity index is 504. The van der Waals surface area contributed by atoms with Crippen molar-refractivity contribution in [1.82, 2.24) is 0 Å². The maximum atomic E-state index is 13.1. The number of alkyl halides is 3. The number of aliphatic hydroxyl groups excluding tert-OH is 1. The summed E-state index contributed by atoms with van der Waals surface area (Å²) in [6, 6.07) is 3.62. The zero-order valence-electron chi connectivity index (χ0n) is 11.6. The SMILES string of the molecule is CCN(CCCO)c1ccc(/C(N)=N/O)c(C(F)(F)F)c1. The average Bonchev–Trinajstić information content (AvgIpc) is 2.46. The van der Waals surface area contributed by atoms with Crippen molar-refractivity contribution in [2.45, 2.75) is 19.5 Å². The molecule has 0 aromatic heterocycles. The summed E-state index contributed by atoms with van der Waals surface area (Å²) in [5, 5.41) is 20.0. The Labute approximate surface area is 120 Å². The lowest BCUT2D eigenvalue weighted by Crippen LogP contribution is -2.26. The summed E-state index contributed by atoms with van der Waals surface area (Å²) in [5.74, 6) is -0.590. The highest BCUT2D eigenvalue weighted by Gasteiger charge is 2.35. The van der Waals surface area contributed by atoms with Crippen molar-refractivity contribution in [2.75, 3.05) is 24.6 Å². The van der Waals surface area contributed by atoms with E-state index in [-0.39, 0.29) is 12.2 Å². The standard InChI is InChI=1S/C13H18F3N3O2/c1-2-19(6-3-7-20)9-4-5-10(12(17)18-21)11(8-9)13(14,15)16/h4-5,8,20-21H,2-3,6-7H2,1H3,(H2,17,18). The molecule has 0 bridgehead atoms. The molecule has 0 fully saturated rings. The molecule has 0 amide bonds. The molecule has 21 heavy (non-hydrogen) atoms. The largest absolute Gasteiger partial charge is 0.417 e. The van der Waals surface area contributed by atoms with E-state index in [9.17, 15) is 13.2 Å². The van der Waals surface area contributed by atoms with Gasteiger partial charge in [-0.1, -0.05) is 5.16 Å². The van der Waals surface area contributed by atoms with E-state index in [0.29, 0.717) is 25.2 Å². The number of benzene rings is 1. The fraction of sp³-hybridized carbons (Fsp3) is 0.462. The summed E-state index contributed by atoms with van der Waals surface area (Å²) in [5.41, 5.74) is 4.32. The Morgan fingerprint density at radius 1 is 1.38 bits per heavy atom. The van der Waals surface area contributed by atoms with Gasteiger partial charge in [0.15, 0.2) is 5.84 Å². The number of aliphatic hydroxyl groups is 1. The number of halogens is 3. The monoisotopic (exact) mass is 305 g/mol. The second-order valence-electron chi connectivity index (χ2n) is 4.37. The van der Waals surface area contributed by atoms with Crippen LogP contribution in [0.25, 0.3) is 0 Å². The van der Waals surface area contributed by atoms with E-state index in [4.69, 9.17) is 16.0 Å². The smallest absolute Gasteiger partial charge is 0.409 e. The van der Waals surface area contributed by atoms with Crippen LogP contribution >= 0.6 is 0 Å². The highest BCUT2D eigenvalue weighted by Crippen LogP contribution is 2.34. The minimum absolute atomic E-state index is 0.0369. The van der Waals surface area contributed by atoms with E-state index in [1.54, 1.807) is 4.90 Å². The number of oxime groups is 1. The van der Waals surface area contributed by atoms with Crippen LogP contribution in [0.5, 0.6) is 0 Å². The molecular weight excluding hydrogens is 287 g/mol. The third-order valence-electron chi connectivity index (χ3n) is 3.03. The van der Waals surface area contributed by atoms with Gasteiger partial charge in [0, 0.05) is 30.9 Å². The Morgan fingerprint density at radius 3 is 2.52 bits per heavy atom. The van der Waals surface area contributed by atoms with Crippen molar-refractivity contribution in [3.8, 4) is 0 Å². The summed E-state index contributed by atoms with van der Waals surface area (Å²) in [7, 11) is 0. The Hall–Kier alpha value is -1.96. The molecule has 0 spiro atoms. The van der Waals surface area contributed by atoms with E-state index in [0.717, 1.165) is 6.07 Å². The number of nitrogens with two attached hydrogens (primary N) is 1. The lowest BCUT2D eigenvalue weighted by Gasteiger charge is -2.24. The fourth-order valence-corrected chi connectivity index (χ4v) is 1.97. The molecule has 0 heterocycles. The zero-order valence-corrected chi connectivity index (χ0v) is 11.6. The molecule has 0 saturated carbocycles. The number of nitrogens with zero attached hydrogens (tertiary/aromatic N) is 2. The first-order valence-corrected chi connectivity index (χ1v) is 6.40. The molecule has 0 atom stereocenters. The van der Waals surface area contributed by atoms with Crippen LogP contribution in [0.15, 0.2) is 23.4 Å². The number of hydrogen-bond donors (Lipinski definition) is 3. The van der Waals surface area contributed by atoms with Crippen LogP contribution in [0.4, 0.5) is 18.9 Å². The molecule has 0 radical (unpaired) electrons. The van der Waals surface area contributed by atoms with Crippen molar-refractivity contribution >= 4 is 11.5 Å². The second kappa shape index (κ2) is 7.16. The molecule has 0 saturated heterocycles. The van der Waals surface area contributed by atoms with Gasteiger partial charge >= 0.3 is 6.18 Å². The van der Waals surface area contributed by atoms with E-state index in [2.05, 4.69) is 5.16 Å². The molecule has 1 aromatic carbocycles. The van der Waals surface area contributed by atoms with Gasteiger partial charge in [-0.3, -0.25) is 0 Å². The molecule has 1 aromatic rings. The average molecular weight is 305 g/mol. The molecule has 1 rings (SSSR count). The summed E-state index contributed by atoms with van der Waals surface area (Å²) in [6.07, 6.45) is -4.16. The van der Waals surface area contributed by atoms with Crippen molar-refractivity contribution in [2.24, 2.45) is 10.9 Å². The van der Waals surface area contributed by atoms with Crippen LogP contribution in [0.1, 0.15) is 24.5 Å². The predicted molar refractivity (Wildman–Crippen MR) is 73.5 cm³/mol. The highest BCUT2D eigenvalue weighted by molar-refractivity contribution is 5.99. The minimum Gasteiger partial charge on any atom is -0.409 e. The maximum absolute atomic E-state index is 13.1. The molecule has 0 aliphatic rings. The Balaban J connectivity index is 3.27. The first-order chi connectivity index (χ1) is 9.85. The van der Waals surface area contributed by atoms with Crippen molar-refractivity contribution in [1.29, 1.82) is 0 Å².